The van der Waals surface area contributed by atoms with E-state index >= 15 is 0 Å². The SMILES string of the molecule is C/C1=C\CC[C@H](C)OC(=O)C[C@H](c2ccc(O)cc2)NC(=O)[C@H]2Cc3c(Br)[nH]c4cccc(c34)N2C(=O)[C@H](C)NC(=O)[C@@H](C)C1. The molecule has 4 N–H and O–H groups in total. The summed E-state index contributed by atoms with van der Waals surface area (Å²) in [6.45, 7) is 7.24. The van der Waals surface area contributed by atoms with Gasteiger partial charge in [-0.25, -0.2) is 0 Å². The second kappa shape index (κ2) is 13.5. The van der Waals surface area contributed by atoms with Gasteiger partial charge in [-0.2, -0.15) is 0 Å². The molecule has 0 spiro atoms. The second-order valence-electron chi connectivity index (χ2n) is 12.2. The van der Waals surface area contributed by atoms with E-state index in [1.54, 1.807) is 25.1 Å². The fourth-order valence-corrected chi connectivity index (χ4v) is 6.74. The number of cyclic esters (lactones) is 1. The van der Waals surface area contributed by atoms with Crippen molar-refractivity contribution in [2.75, 3.05) is 4.90 Å². The number of carbonyl (C=O) groups is 4. The zero-order valence-corrected chi connectivity index (χ0v) is 27.4. The Bertz CT molecular complexity index is 1650. The van der Waals surface area contributed by atoms with E-state index in [4.69, 9.17) is 4.74 Å². The van der Waals surface area contributed by atoms with Crippen LogP contribution in [0.25, 0.3) is 10.9 Å². The number of hydrogen-bond donors (Lipinski definition) is 4. The number of H-pyrrole nitrogens is 1. The monoisotopic (exact) mass is 678 g/mol. The van der Waals surface area contributed by atoms with Gasteiger partial charge in [0.05, 0.1) is 28.9 Å². The maximum Gasteiger partial charge on any atom is 0.308 e. The van der Waals surface area contributed by atoms with Crippen LogP contribution in [0.5, 0.6) is 5.75 Å². The second-order valence-corrected chi connectivity index (χ2v) is 13.0. The molecule has 3 aromatic rings. The number of carbonyl (C=O) groups excluding carboxylic acids is 4. The summed E-state index contributed by atoms with van der Waals surface area (Å²) in [4.78, 5) is 59.6. The Morgan fingerprint density at radius 1 is 0.933 bits per heavy atom. The van der Waals surface area contributed by atoms with Crippen molar-refractivity contribution < 1.29 is 29.0 Å². The summed E-state index contributed by atoms with van der Waals surface area (Å²) in [6.07, 6.45) is 3.51. The lowest BCUT2D eigenvalue weighted by Crippen LogP contribution is -2.58. The van der Waals surface area contributed by atoms with E-state index in [1.165, 1.54) is 17.0 Å². The summed E-state index contributed by atoms with van der Waals surface area (Å²) in [6, 6.07) is 9.08. The van der Waals surface area contributed by atoms with Gasteiger partial charge in [-0.1, -0.05) is 36.8 Å². The Balaban J connectivity index is 1.56. The number of aromatic nitrogens is 1. The van der Waals surface area contributed by atoms with Crippen LogP contribution in [-0.2, 0) is 30.3 Å². The normalized spacial score (nSPS) is 26.8. The number of allylic oxidation sites excluding steroid dienone is 2. The maximum absolute atomic E-state index is 14.2. The van der Waals surface area contributed by atoms with Gasteiger partial charge >= 0.3 is 5.97 Å². The van der Waals surface area contributed by atoms with Crippen LogP contribution < -0.4 is 15.5 Å². The fraction of sp³-hybridized carbons (Fsp3) is 0.412. The summed E-state index contributed by atoms with van der Waals surface area (Å²) in [5, 5.41) is 16.6. The van der Waals surface area contributed by atoms with E-state index < -0.39 is 35.9 Å². The third-order valence-corrected chi connectivity index (χ3v) is 9.23. The number of rotatable bonds is 1. The van der Waals surface area contributed by atoms with Gasteiger partial charge in [-0.05, 0) is 91.4 Å². The molecule has 0 unspecified atom stereocenters. The Morgan fingerprint density at radius 3 is 2.40 bits per heavy atom. The van der Waals surface area contributed by atoms with Crippen LogP contribution in [0.4, 0.5) is 5.69 Å². The van der Waals surface area contributed by atoms with Crippen molar-refractivity contribution in [2.24, 2.45) is 5.92 Å². The van der Waals surface area contributed by atoms with E-state index in [1.807, 2.05) is 39.0 Å². The highest BCUT2D eigenvalue weighted by molar-refractivity contribution is 9.10. The standard InChI is InChI=1S/C34H39BrN4O6/c1-18-7-5-8-20(3)45-29(41)17-26(22-11-13-23(40)14-12-22)38-33(43)28-16-24-30-25(37-31(24)35)9-6-10-27(30)39(28)34(44)21(4)36-32(42)19(2)15-18/h6-7,9-14,19-21,26,28,37,40H,5,8,15-17H2,1-4H3,(H,36,42)(H,38,43)/b18-7+/t19-,20-,21-,26+,28+/m0/s1. The van der Waals surface area contributed by atoms with Gasteiger partial charge < -0.3 is 25.5 Å². The average molecular weight is 680 g/mol. The predicted molar refractivity (Wildman–Crippen MR) is 175 cm³/mol. The molecule has 0 saturated carbocycles. The van der Waals surface area contributed by atoms with Crippen molar-refractivity contribution in [3.63, 3.8) is 0 Å². The molecule has 2 aliphatic heterocycles. The fourth-order valence-electron chi connectivity index (χ4n) is 6.17. The Morgan fingerprint density at radius 2 is 1.67 bits per heavy atom. The molecule has 2 aliphatic rings. The van der Waals surface area contributed by atoms with Crippen LogP contribution in [0.2, 0.25) is 0 Å². The first-order chi connectivity index (χ1) is 21.4. The van der Waals surface area contributed by atoms with Crippen LogP contribution >= 0.6 is 15.9 Å². The lowest BCUT2D eigenvalue weighted by atomic mass is 9.94. The zero-order chi connectivity index (χ0) is 32.4. The molecule has 10 nitrogen and oxygen atoms in total. The Labute approximate surface area is 270 Å². The number of ether oxygens (including phenoxy) is 1. The van der Waals surface area contributed by atoms with Crippen LogP contribution in [0.3, 0.4) is 0 Å². The Kier molecular flexibility index (Phi) is 9.67. The number of amides is 3. The van der Waals surface area contributed by atoms with Gasteiger partial charge in [0, 0.05) is 23.2 Å². The molecule has 0 saturated heterocycles. The molecule has 45 heavy (non-hydrogen) atoms. The molecule has 5 rings (SSSR count). The lowest BCUT2D eigenvalue weighted by molar-refractivity contribution is -0.149. The quantitative estimate of drug-likeness (QED) is 0.202. The first-order valence-electron chi connectivity index (χ1n) is 15.3. The molecule has 0 bridgehead atoms. The number of phenols is 1. The van der Waals surface area contributed by atoms with Crippen molar-refractivity contribution in [3.8, 4) is 5.75 Å². The zero-order valence-electron chi connectivity index (χ0n) is 25.9. The Hall–Kier alpha value is -4.12. The number of aromatic hydroxyl groups is 1. The van der Waals surface area contributed by atoms with Gasteiger partial charge in [0.25, 0.3) is 0 Å². The minimum Gasteiger partial charge on any atom is -0.508 e. The summed E-state index contributed by atoms with van der Waals surface area (Å²) < 4.78 is 6.43. The number of anilines is 1. The van der Waals surface area contributed by atoms with Crippen molar-refractivity contribution in [3.05, 3.63) is 69.8 Å². The van der Waals surface area contributed by atoms with Crippen LogP contribution in [-0.4, -0.2) is 52.0 Å². The average Bonchev–Trinajstić information content (AvgIpc) is 3.31. The number of aromatic amines is 1. The number of nitrogens with zero attached hydrogens (tertiary/aromatic N) is 1. The van der Waals surface area contributed by atoms with Crippen LogP contribution in [0.1, 0.15) is 70.5 Å². The number of phenolic OH excluding ortho intramolecular Hbond substituents is 1. The minimum absolute atomic E-state index is 0.0491. The molecule has 5 atom stereocenters. The van der Waals surface area contributed by atoms with E-state index in [9.17, 15) is 24.3 Å². The van der Waals surface area contributed by atoms with Crippen LogP contribution in [0.15, 0.2) is 58.7 Å². The highest BCUT2D eigenvalue weighted by Crippen LogP contribution is 2.41. The smallest absolute Gasteiger partial charge is 0.308 e. The highest BCUT2D eigenvalue weighted by atomic mass is 79.9. The molecule has 0 aliphatic carbocycles. The molecule has 238 valence electrons. The molecular formula is C34H39BrN4O6. The molecule has 0 fully saturated rings. The molecule has 11 heteroatoms. The third kappa shape index (κ3) is 7.08. The summed E-state index contributed by atoms with van der Waals surface area (Å²) in [7, 11) is 0. The molecule has 1 aromatic heterocycles. The molecule has 0 radical (unpaired) electrons. The van der Waals surface area contributed by atoms with Gasteiger partial charge in [0.2, 0.25) is 17.7 Å². The molecular weight excluding hydrogens is 640 g/mol. The highest BCUT2D eigenvalue weighted by Gasteiger charge is 2.41. The lowest BCUT2D eigenvalue weighted by Gasteiger charge is -2.37. The first-order valence-corrected chi connectivity index (χ1v) is 16.1. The molecule has 3 heterocycles. The van der Waals surface area contributed by atoms with Crippen molar-refractivity contribution in [2.45, 2.75) is 84.0 Å². The van der Waals surface area contributed by atoms with Gasteiger partial charge in [-0.15, -0.1) is 0 Å². The maximum atomic E-state index is 14.2. The van der Waals surface area contributed by atoms with Gasteiger partial charge in [0.1, 0.15) is 17.8 Å². The number of hydrogen-bond acceptors (Lipinski definition) is 6. The van der Waals surface area contributed by atoms with E-state index in [2.05, 4.69) is 31.5 Å². The number of benzene rings is 2. The van der Waals surface area contributed by atoms with Crippen molar-refractivity contribution in [1.29, 1.82) is 0 Å². The first kappa shape index (κ1) is 32.3. The largest absolute Gasteiger partial charge is 0.508 e. The van der Waals surface area contributed by atoms with E-state index in [0.717, 1.165) is 22.0 Å². The van der Waals surface area contributed by atoms with Crippen molar-refractivity contribution in [1.82, 2.24) is 15.6 Å². The molecule has 3 amide bonds. The topological polar surface area (TPSA) is 141 Å². The minimum atomic E-state index is -0.985. The number of nitrogens with one attached hydrogen (secondary N) is 3. The van der Waals surface area contributed by atoms with E-state index in [0.29, 0.717) is 35.1 Å². The number of esters is 1. The van der Waals surface area contributed by atoms with Gasteiger partial charge in [-0.3, -0.25) is 24.1 Å². The summed E-state index contributed by atoms with van der Waals surface area (Å²) in [5.41, 5.74) is 3.84. The summed E-state index contributed by atoms with van der Waals surface area (Å²) in [5.74, 6) is -1.96. The van der Waals surface area contributed by atoms with Crippen molar-refractivity contribution >= 4 is 56.2 Å². The molecule has 2 aromatic carbocycles. The van der Waals surface area contributed by atoms with E-state index in [-0.39, 0.29) is 36.5 Å². The van der Waals surface area contributed by atoms with Gasteiger partial charge in [0.15, 0.2) is 0 Å². The predicted octanol–water partition coefficient (Wildman–Crippen LogP) is 5.34. The number of fused-ring (bicyclic) bond motifs is 2. The third-order valence-electron chi connectivity index (χ3n) is 8.55. The summed E-state index contributed by atoms with van der Waals surface area (Å²) >= 11 is 3.59. The number of halogens is 1. The van der Waals surface area contributed by atoms with Crippen LogP contribution in [0, 0.1) is 5.92 Å².